The van der Waals surface area contributed by atoms with Gasteiger partial charge < -0.3 is 5.11 Å². The van der Waals surface area contributed by atoms with E-state index in [4.69, 9.17) is 0 Å². The van der Waals surface area contributed by atoms with Crippen molar-refractivity contribution in [3.63, 3.8) is 0 Å². The molecule has 0 fully saturated rings. The van der Waals surface area contributed by atoms with Gasteiger partial charge in [-0.2, -0.15) is 0 Å². The first kappa shape index (κ1) is 16.0. The lowest BCUT2D eigenvalue weighted by atomic mass is 9.91. The summed E-state index contributed by atoms with van der Waals surface area (Å²) in [5.74, 6) is 0.865. The molecule has 1 amide bonds. The van der Waals surface area contributed by atoms with Crippen molar-refractivity contribution >= 4 is 23.4 Å². The van der Waals surface area contributed by atoms with Crippen LogP contribution in [0.15, 0.2) is 17.9 Å². The maximum atomic E-state index is 12.8. The van der Waals surface area contributed by atoms with Crippen molar-refractivity contribution in [3.8, 4) is 0 Å². The second-order valence-corrected chi connectivity index (χ2v) is 7.27. The fourth-order valence-corrected chi connectivity index (χ4v) is 3.88. The summed E-state index contributed by atoms with van der Waals surface area (Å²) in [5, 5.41) is 10.7. The van der Waals surface area contributed by atoms with E-state index >= 15 is 0 Å². The highest BCUT2D eigenvalue weighted by atomic mass is 32.2. The van der Waals surface area contributed by atoms with Crippen molar-refractivity contribution < 1.29 is 9.90 Å². The predicted molar refractivity (Wildman–Crippen MR) is 89.3 cm³/mol. The minimum absolute atomic E-state index is 0.0978. The summed E-state index contributed by atoms with van der Waals surface area (Å²) >= 11 is 1.45. The molecule has 114 valence electrons. The van der Waals surface area contributed by atoms with Crippen LogP contribution < -0.4 is 0 Å². The summed E-state index contributed by atoms with van der Waals surface area (Å²) in [6, 6.07) is 4.11. The first-order valence-electron chi connectivity index (χ1n) is 7.21. The van der Waals surface area contributed by atoms with Gasteiger partial charge in [-0.3, -0.25) is 9.10 Å². The molecule has 0 saturated carbocycles. The van der Waals surface area contributed by atoms with Gasteiger partial charge in [0.2, 0.25) is 0 Å². The molecular formula is C17H23NO2S. The van der Waals surface area contributed by atoms with E-state index in [1.165, 1.54) is 17.5 Å². The predicted octanol–water partition coefficient (Wildman–Crippen LogP) is 4.17. The van der Waals surface area contributed by atoms with Gasteiger partial charge in [-0.1, -0.05) is 24.6 Å². The fraction of sp³-hybridized carbons (Fsp3) is 0.471. The Kier molecular flexibility index (Phi) is 4.11. The second kappa shape index (κ2) is 5.41. The van der Waals surface area contributed by atoms with E-state index in [1.807, 2.05) is 41.5 Å². The summed E-state index contributed by atoms with van der Waals surface area (Å²) in [6.07, 6.45) is 0. The van der Waals surface area contributed by atoms with Crippen LogP contribution in [0, 0.1) is 20.8 Å². The molecule has 0 bridgehead atoms. The second-order valence-electron chi connectivity index (χ2n) is 6.07. The molecule has 3 nitrogen and oxygen atoms in total. The first-order valence-corrected chi connectivity index (χ1v) is 8.15. The first-order chi connectivity index (χ1) is 9.71. The van der Waals surface area contributed by atoms with Crippen LogP contribution in [0.1, 0.15) is 43.0 Å². The Morgan fingerprint density at radius 3 is 2.19 bits per heavy atom. The molecule has 4 heteroatoms. The van der Waals surface area contributed by atoms with Crippen LogP contribution in [0.3, 0.4) is 0 Å². The lowest BCUT2D eigenvalue weighted by molar-refractivity contribution is -0.121. The number of aliphatic hydroxyl groups is 1. The smallest absolute Gasteiger partial charge is 0.268 e. The van der Waals surface area contributed by atoms with Gasteiger partial charge in [-0.25, -0.2) is 0 Å². The van der Waals surface area contributed by atoms with Crippen LogP contribution in [0.5, 0.6) is 0 Å². The monoisotopic (exact) mass is 305 g/mol. The van der Waals surface area contributed by atoms with Crippen molar-refractivity contribution in [2.75, 3.05) is 5.75 Å². The molecule has 0 unspecified atom stereocenters. The Morgan fingerprint density at radius 1 is 1.19 bits per heavy atom. The van der Waals surface area contributed by atoms with Crippen LogP contribution in [-0.4, -0.2) is 26.6 Å². The molecule has 0 radical (unpaired) electrons. The van der Waals surface area contributed by atoms with Gasteiger partial charge in [0.25, 0.3) is 5.91 Å². The molecule has 1 heterocycles. The van der Waals surface area contributed by atoms with Gasteiger partial charge in [-0.05, 0) is 63.3 Å². The molecule has 1 aromatic carbocycles. The van der Waals surface area contributed by atoms with Crippen LogP contribution in [0.2, 0.25) is 0 Å². The van der Waals surface area contributed by atoms with E-state index in [1.54, 1.807) is 4.31 Å². The number of aryl methyl sites for hydroxylation is 3. The largest absolute Gasteiger partial charge is 0.509 e. The van der Waals surface area contributed by atoms with Crippen LogP contribution in [0.4, 0.5) is 0 Å². The standard InChI is InChI=1S/C17H23NO2S/c1-7-21-18-16(20)14(15(19)17(18,5)6)13-11(3)8-10(2)9-12(13)4/h8-9,19H,7H2,1-6H3. The highest BCUT2D eigenvalue weighted by Crippen LogP contribution is 2.43. The number of hydrogen-bond acceptors (Lipinski definition) is 3. The Labute approximate surface area is 131 Å². The van der Waals surface area contributed by atoms with Gasteiger partial charge in [0.05, 0.1) is 5.57 Å². The van der Waals surface area contributed by atoms with E-state index in [9.17, 15) is 9.90 Å². The average molecular weight is 305 g/mol. The zero-order valence-electron chi connectivity index (χ0n) is 13.6. The van der Waals surface area contributed by atoms with Crippen LogP contribution in [0.25, 0.3) is 5.57 Å². The summed E-state index contributed by atoms with van der Waals surface area (Å²) in [4.78, 5) is 12.8. The van der Waals surface area contributed by atoms with Crippen molar-refractivity contribution in [1.82, 2.24) is 4.31 Å². The van der Waals surface area contributed by atoms with E-state index in [0.29, 0.717) is 5.57 Å². The van der Waals surface area contributed by atoms with E-state index < -0.39 is 5.54 Å². The third-order valence-electron chi connectivity index (χ3n) is 3.91. The third-order valence-corrected chi connectivity index (χ3v) is 5.05. The van der Waals surface area contributed by atoms with Crippen molar-refractivity contribution in [2.45, 2.75) is 47.1 Å². The number of hydrogen-bond donors (Lipinski definition) is 1. The molecule has 0 spiro atoms. The van der Waals surface area contributed by atoms with Crippen molar-refractivity contribution in [2.24, 2.45) is 0 Å². The van der Waals surface area contributed by atoms with E-state index in [0.717, 1.165) is 22.4 Å². The molecule has 0 aromatic heterocycles. The lowest BCUT2D eigenvalue weighted by Crippen LogP contribution is -2.38. The minimum Gasteiger partial charge on any atom is -0.509 e. The maximum absolute atomic E-state index is 12.8. The zero-order chi connectivity index (χ0) is 15.9. The third kappa shape index (κ3) is 2.46. The lowest BCUT2D eigenvalue weighted by Gasteiger charge is -2.30. The van der Waals surface area contributed by atoms with Gasteiger partial charge in [0, 0.05) is 5.75 Å². The molecule has 0 atom stereocenters. The number of amides is 1. The maximum Gasteiger partial charge on any atom is 0.268 e. The molecule has 0 aliphatic carbocycles. The normalized spacial score (nSPS) is 17.8. The van der Waals surface area contributed by atoms with Crippen LogP contribution in [-0.2, 0) is 4.79 Å². The van der Waals surface area contributed by atoms with E-state index in [2.05, 4.69) is 12.1 Å². The summed E-state index contributed by atoms with van der Waals surface area (Å²) in [5.41, 5.74) is 3.88. The summed E-state index contributed by atoms with van der Waals surface area (Å²) < 4.78 is 1.69. The Morgan fingerprint density at radius 2 is 1.71 bits per heavy atom. The molecule has 0 saturated heterocycles. The molecule has 1 aliphatic heterocycles. The number of aliphatic hydroxyl groups excluding tert-OH is 1. The number of benzene rings is 1. The Bertz CT molecular complexity index is 609. The molecule has 2 rings (SSSR count). The van der Waals surface area contributed by atoms with Crippen molar-refractivity contribution in [1.29, 1.82) is 0 Å². The summed E-state index contributed by atoms with van der Waals surface area (Å²) in [6.45, 7) is 11.8. The number of nitrogens with zero attached hydrogens (tertiary/aromatic N) is 1. The van der Waals surface area contributed by atoms with Gasteiger partial charge in [-0.15, -0.1) is 0 Å². The number of rotatable bonds is 3. The van der Waals surface area contributed by atoms with Crippen molar-refractivity contribution in [3.05, 3.63) is 40.1 Å². The Balaban J connectivity index is 2.64. The molecule has 1 aliphatic rings. The quantitative estimate of drug-likeness (QED) is 0.852. The number of carbonyl (C=O) groups is 1. The highest BCUT2D eigenvalue weighted by Gasteiger charge is 2.47. The van der Waals surface area contributed by atoms with Gasteiger partial charge in [0.1, 0.15) is 11.3 Å². The minimum atomic E-state index is -0.670. The molecular weight excluding hydrogens is 282 g/mol. The summed E-state index contributed by atoms with van der Waals surface area (Å²) in [7, 11) is 0. The topological polar surface area (TPSA) is 40.5 Å². The Hall–Kier alpha value is -1.42. The fourth-order valence-electron chi connectivity index (χ4n) is 3.01. The molecule has 1 aromatic rings. The molecule has 1 N–H and O–H groups in total. The van der Waals surface area contributed by atoms with Crippen LogP contribution >= 0.6 is 11.9 Å². The average Bonchev–Trinajstić information content (AvgIpc) is 2.52. The zero-order valence-corrected chi connectivity index (χ0v) is 14.4. The SMILES string of the molecule is CCSN1C(=O)C(c2c(C)cc(C)cc2C)=C(O)C1(C)C. The molecule has 21 heavy (non-hydrogen) atoms. The highest BCUT2D eigenvalue weighted by molar-refractivity contribution is 7.97. The van der Waals surface area contributed by atoms with E-state index in [-0.39, 0.29) is 11.7 Å². The van der Waals surface area contributed by atoms with Gasteiger partial charge in [0.15, 0.2) is 0 Å². The van der Waals surface area contributed by atoms with Gasteiger partial charge >= 0.3 is 0 Å². The number of carbonyl (C=O) groups excluding carboxylic acids is 1.